The van der Waals surface area contributed by atoms with Crippen molar-refractivity contribution in [1.82, 2.24) is 5.32 Å². The molecule has 2 aromatic carbocycles. The average Bonchev–Trinajstić information content (AvgIpc) is 2.71. The molecule has 0 saturated heterocycles. The first-order valence-electron chi connectivity index (χ1n) is 8.44. The fraction of sp³-hybridized carbons (Fsp3) is 0.211. The van der Waals surface area contributed by atoms with Crippen molar-refractivity contribution >= 4 is 23.6 Å². The molecule has 0 unspecified atom stereocenters. The number of rotatable bonds is 6. The number of amides is 3. The van der Waals surface area contributed by atoms with Crippen molar-refractivity contribution in [1.29, 1.82) is 0 Å². The molecule has 1 aliphatic rings. The molecule has 28 heavy (non-hydrogen) atoms. The third-order valence-electron chi connectivity index (χ3n) is 3.52. The van der Waals surface area contributed by atoms with Crippen molar-refractivity contribution < 1.29 is 33.3 Å². The van der Waals surface area contributed by atoms with Gasteiger partial charge >= 0.3 is 12.0 Å². The fourth-order valence-electron chi connectivity index (χ4n) is 2.29. The predicted molar refractivity (Wildman–Crippen MR) is 97.5 cm³/mol. The zero-order valence-corrected chi connectivity index (χ0v) is 14.8. The van der Waals surface area contributed by atoms with Crippen LogP contribution in [0.15, 0.2) is 48.5 Å². The van der Waals surface area contributed by atoms with Gasteiger partial charge in [0.15, 0.2) is 24.7 Å². The second-order valence-corrected chi connectivity index (χ2v) is 5.62. The number of hydrogen-bond donors (Lipinski definition) is 2. The molecular weight excluding hydrogens is 368 g/mol. The largest absolute Gasteiger partial charge is 0.486 e. The van der Waals surface area contributed by atoms with Gasteiger partial charge in [0.1, 0.15) is 19.0 Å². The minimum atomic E-state index is -0.775. The van der Waals surface area contributed by atoms with Gasteiger partial charge < -0.3 is 24.3 Å². The van der Waals surface area contributed by atoms with E-state index in [0.717, 1.165) is 0 Å². The van der Waals surface area contributed by atoms with Gasteiger partial charge in [-0.2, -0.15) is 0 Å². The number of urea groups is 1. The summed E-state index contributed by atoms with van der Waals surface area (Å²) in [5.41, 5.74) is 0.419. The van der Waals surface area contributed by atoms with Gasteiger partial charge in [-0.3, -0.25) is 10.1 Å². The number of anilines is 1. The Hall–Kier alpha value is -3.75. The summed E-state index contributed by atoms with van der Waals surface area (Å²) in [7, 11) is 0. The fourth-order valence-corrected chi connectivity index (χ4v) is 2.29. The highest BCUT2D eigenvalue weighted by Crippen LogP contribution is 2.32. The molecule has 2 aromatic rings. The highest BCUT2D eigenvalue weighted by molar-refractivity contribution is 6.02. The molecule has 0 radical (unpaired) electrons. The van der Waals surface area contributed by atoms with Crippen LogP contribution < -0.4 is 24.8 Å². The van der Waals surface area contributed by atoms with E-state index in [9.17, 15) is 14.4 Å². The molecule has 0 bridgehead atoms. The number of nitrogens with one attached hydrogen (secondary N) is 2. The minimum Gasteiger partial charge on any atom is -0.486 e. The zero-order valence-electron chi connectivity index (χ0n) is 14.8. The number of imide groups is 1. The van der Waals surface area contributed by atoms with Crippen molar-refractivity contribution in [3.63, 3.8) is 0 Å². The Bertz CT molecular complexity index is 855. The van der Waals surface area contributed by atoms with Crippen LogP contribution in [0.1, 0.15) is 0 Å². The van der Waals surface area contributed by atoms with E-state index in [0.29, 0.717) is 36.1 Å². The molecule has 9 heteroatoms. The highest BCUT2D eigenvalue weighted by atomic mass is 16.6. The van der Waals surface area contributed by atoms with Crippen LogP contribution in [0.4, 0.5) is 10.5 Å². The monoisotopic (exact) mass is 386 g/mol. The summed E-state index contributed by atoms with van der Waals surface area (Å²) in [6.07, 6.45) is 0. The summed E-state index contributed by atoms with van der Waals surface area (Å²) in [4.78, 5) is 35.2. The van der Waals surface area contributed by atoms with E-state index in [1.807, 2.05) is 6.07 Å². The lowest BCUT2D eigenvalue weighted by Gasteiger charge is -2.19. The predicted octanol–water partition coefficient (Wildman–Crippen LogP) is 1.73. The maximum Gasteiger partial charge on any atom is 0.344 e. The lowest BCUT2D eigenvalue weighted by molar-refractivity contribution is -0.150. The first-order chi connectivity index (χ1) is 13.6. The number of carbonyl (C=O) groups is 3. The second kappa shape index (κ2) is 9.26. The summed E-state index contributed by atoms with van der Waals surface area (Å²) in [6.45, 7) is -0.0728. The van der Waals surface area contributed by atoms with Crippen molar-refractivity contribution in [3.05, 3.63) is 48.5 Å². The molecule has 146 valence electrons. The molecule has 0 aliphatic carbocycles. The Morgan fingerprint density at radius 3 is 2.46 bits per heavy atom. The van der Waals surface area contributed by atoms with Gasteiger partial charge in [0.05, 0.1) is 0 Å². The van der Waals surface area contributed by atoms with Gasteiger partial charge in [0.25, 0.3) is 5.91 Å². The van der Waals surface area contributed by atoms with Crippen molar-refractivity contribution in [2.75, 3.05) is 31.7 Å². The van der Waals surface area contributed by atoms with E-state index in [-0.39, 0.29) is 6.61 Å². The lowest BCUT2D eigenvalue weighted by atomic mass is 10.2. The van der Waals surface area contributed by atoms with Crippen molar-refractivity contribution in [2.45, 2.75) is 0 Å². The van der Waals surface area contributed by atoms with Crippen molar-refractivity contribution in [3.8, 4) is 17.2 Å². The number of esters is 1. The Kier molecular flexibility index (Phi) is 6.29. The maximum absolute atomic E-state index is 11.9. The van der Waals surface area contributed by atoms with Gasteiger partial charge in [0, 0.05) is 11.8 Å². The van der Waals surface area contributed by atoms with Crippen LogP contribution in [0.5, 0.6) is 17.2 Å². The Balaban J connectivity index is 1.38. The number of ether oxygens (including phenoxy) is 4. The van der Waals surface area contributed by atoms with E-state index in [1.165, 1.54) is 0 Å². The normalized spacial score (nSPS) is 11.9. The number of fused-ring (bicyclic) bond motifs is 1. The Labute approximate surface area is 160 Å². The van der Waals surface area contributed by atoms with Crippen LogP contribution in [0.3, 0.4) is 0 Å². The van der Waals surface area contributed by atoms with Crippen LogP contribution >= 0.6 is 0 Å². The summed E-state index contributed by atoms with van der Waals surface area (Å²) >= 11 is 0. The molecule has 3 amide bonds. The van der Waals surface area contributed by atoms with Gasteiger partial charge in [-0.05, 0) is 24.3 Å². The van der Waals surface area contributed by atoms with Gasteiger partial charge in [-0.15, -0.1) is 0 Å². The van der Waals surface area contributed by atoms with Crippen molar-refractivity contribution in [2.24, 2.45) is 0 Å². The molecule has 0 spiro atoms. The minimum absolute atomic E-state index is 0.347. The quantitative estimate of drug-likeness (QED) is 0.727. The van der Waals surface area contributed by atoms with Crippen LogP contribution in [-0.2, 0) is 14.3 Å². The van der Waals surface area contributed by atoms with E-state index in [1.54, 1.807) is 42.5 Å². The number of hydrogen-bond acceptors (Lipinski definition) is 7. The molecule has 1 aliphatic heterocycles. The van der Waals surface area contributed by atoms with Crippen LogP contribution in [0.2, 0.25) is 0 Å². The standard InChI is InChI=1S/C19H18N2O7/c22-17(11-28-18(23)12-27-14-4-2-1-3-5-14)21-19(24)20-13-6-7-15-16(10-13)26-9-8-25-15/h1-7,10H,8-9,11-12H2,(H2,20,21,22,24). The molecule has 0 atom stereocenters. The van der Waals surface area contributed by atoms with Crippen LogP contribution in [-0.4, -0.2) is 44.3 Å². The molecule has 2 N–H and O–H groups in total. The smallest absolute Gasteiger partial charge is 0.344 e. The highest BCUT2D eigenvalue weighted by Gasteiger charge is 2.15. The van der Waals surface area contributed by atoms with E-state index in [2.05, 4.69) is 10.6 Å². The molecule has 0 aromatic heterocycles. The average molecular weight is 386 g/mol. The van der Waals surface area contributed by atoms with E-state index >= 15 is 0 Å². The Morgan fingerprint density at radius 2 is 1.68 bits per heavy atom. The van der Waals surface area contributed by atoms with E-state index < -0.39 is 24.5 Å². The summed E-state index contributed by atoms with van der Waals surface area (Å²) in [5, 5.41) is 4.54. The third-order valence-corrected chi connectivity index (χ3v) is 3.52. The van der Waals surface area contributed by atoms with Gasteiger partial charge in [0.2, 0.25) is 0 Å². The number of carbonyl (C=O) groups excluding carboxylic acids is 3. The SMILES string of the molecule is O=C(COC(=O)COc1ccccc1)NC(=O)Nc1ccc2c(c1)OCCO2. The third kappa shape index (κ3) is 5.63. The van der Waals surface area contributed by atoms with Crippen LogP contribution in [0.25, 0.3) is 0 Å². The summed E-state index contributed by atoms with van der Waals surface area (Å²) < 4.78 is 20.8. The van der Waals surface area contributed by atoms with Gasteiger partial charge in [-0.25, -0.2) is 9.59 Å². The van der Waals surface area contributed by atoms with Gasteiger partial charge in [-0.1, -0.05) is 18.2 Å². The first kappa shape index (κ1) is 19.0. The molecule has 0 saturated carbocycles. The first-order valence-corrected chi connectivity index (χ1v) is 8.44. The molecule has 3 rings (SSSR count). The van der Waals surface area contributed by atoms with Crippen LogP contribution in [0, 0.1) is 0 Å². The molecule has 1 heterocycles. The summed E-state index contributed by atoms with van der Waals surface area (Å²) in [5.74, 6) is 0.0812. The Morgan fingerprint density at radius 1 is 0.929 bits per heavy atom. The molecular formula is C19H18N2O7. The number of para-hydroxylation sites is 1. The zero-order chi connectivity index (χ0) is 19.8. The topological polar surface area (TPSA) is 112 Å². The molecule has 9 nitrogen and oxygen atoms in total. The maximum atomic E-state index is 11.9. The number of benzene rings is 2. The summed E-state index contributed by atoms with van der Waals surface area (Å²) in [6, 6.07) is 12.8. The lowest BCUT2D eigenvalue weighted by Crippen LogP contribution is -2.37. The van der Waals surface area contributed by atoms with E-state index in [4.69, 9.17) is 18.9 Å². The molecule has 0 fully saturated rings. The second-order valence-electron chi connectivity index (χ2n) is 5.62.